The van der Waals surface area contributed by atoms with Crippen LogP contribution in [0.1, 0.15) is 6.42 Å². The van der Waals surface area contributed by atoms with E-state index in [0.717, 1.165) is 0 Å². The Hall–Kier alpha value is -0.350. The summed E-state index contributed by atoms with van der Waals surface area (Å²) in [6.07, 6.45) is 0.250. The molecule has 0 aliphatic heterocycles. The third-order valence-electron chi connectivity index (χ3n) is 0.769. The van der Waals surface area contributed by atoms with Crippen LogP contribution in [0.4, 0.5) is 0 Å². The molecule has 0 radical (unpaired) electrons. The highest BCUT2D eigenvalue weighted by Gasteiger charge is 1.98. The minimum Gasteiger partial charge on any atom is -0.469 e. The normalized spacial score (nSPS) is 12.7. The first-order valence-electron chi connectivity index (χ1n) is 2.43. The first-order valence-corrected chi connectivity index (χ1v) is 3.95. The van der Waals surface area contributed by atoms with E-state index < -0.39 is 10.8 Å². The molecule has 0 saturated heterocycles. The molecular formula is C5H10O3S. The summed E-state index contributed by atoms with van der Waals surface area (Å²) >= 11 is 0. The van der Waals surface area contributed by atoms with Gasteiger partial charge in [-0.2, -0.15) is 0 Å². The van der Waals surface area contributed by atoms with Crippen LogP contribution in [0, 0.1) is 0 Å². The first kappa shape index (κ1) is 8.65. The smallest absolute Gasteiger partial charge is 0.306 e. The summed E-state index contributed by atoms with van der Waals surface area (Å²) < 4.78 is 12.9. The van der Waals surface area contributed by atoms with Crippen LogP contribution in [0.3, 0.4) is 0 Å². The number of carbonyl (C=O) groups excluding carboxylic acids is 1. The van der Waals surface area contributed by atoms with Crippen molar-refractivity contribution in [3.63, 3.8) is 0 Å². The Morgan fingerprint density at radius 3 is 2.78 bits per heavy atom. The molecule has 54 valence electrons. The minimum absolute atomic E-state index is 0.250. The predicted molar refractivity (Wildman–Crippen MR) is 38.8 cm³/mol. The zero-order chi connectivity index (χ0) is 7.28. The highest BCUT2D eigenvalue weighted by molar-refractivity contribution is 8.09. The second kappa shape index (κ2) is 4.52. The molecule has 0 aromatic carbocycles. The lowest BCUT2D eigenvalue weighted by Crippen LogP contribution is -2.01. The van der Waals surface area contributed by atoms with Gasteiger partial charge < -0.3 is 9.29 Å². The quantitative estimate of drug-likeness (QED) is 0.476. The van der Waals surface area contributed by atoms with E-state index in [1.165, 1.54) is 7.11 Å². The van der Waals surface area contributed by atoms with Crippen molar-refractivity contribution < 1.29 is 14.1 Å². The lowest BCUT2D eigenvalue weighted by atomic mass is 10.5. The van der Waals surface area contributed by atoms with Crippen LogP contribution in [0.15, 0.2) is 0 Å². The molecule has 1 unspecified atom stereocenters. The number of ether oxygens (including phenoxy) is 1. The number of hydrogen-bond donors (Lipinski definition) is 1. The van der Waals surface area contributed by atoms with Gasteiger partial charge in [0.2, 0.25) is 0 Å². The van der Waals surface area contributed by atoms with Crippen LogP contribution in [0.2, 0.25) is 0 Å². The van der Waals surface area contributed by atoms with Crippen LogP contribution in [-0.2, 0) is 9.53 Å². The maximum Gasteiger partial charge on any atom is 0.306 e. The fourth-order valence-corrected chi connectivity index (χ4v) is 0.705. The second-order valence-electron chi connectivity index (χ2n) is 1.49. The average Bonchev–Trinajstić information content (AvgIpc) is 1.83. The maximum absolute atomic E-state index is 10.4. The van der Waals surface area contributed by atoms with E-state index in [0.29, 0.717) is 5.75 Å². The molecule has 0 heterocycles. The van der Waals surface area contributed by atoms with Crippen molar-refractivity contribution in [1.82, 2.24) is 0 Å². The molecule has 0 aromatic rings. The third kappa shape index (κ3) is 5.52. The van der Waals surface area contributed by atoms with E-state index in [9.17, 15) is 4.79 Å². The molecule has 0 aliphatic rings. The van der Waals surface area contributed by atoms with Gasteiger partial charge in [0.1, 0.15) is 0 Å². The molecule has 0 bridgehead atoms. The van der Waals surface area contributed by atoms with Crippen LogP contribution in [0.5, 0.6) is 0 Å². The van der Waals surface area contributed by atoms with Crippen molar-refractivity contribution in [2.45, 2.75) is 6.42 Å². The van der Waals surface area contributed by atoms with Gasteiger partial charge in [0.25, 0.3) is 0 Å². The van der Waals surface area contributed by atoms with Crippen LogP contribution >= 0.6 is 10.8 Å². The third-order valence-corrected chi connectivity index (χ3v) is 1.44. The van der Waals surface area contributed by atoms with Crippen molar-refractivity contribution in [2.75, 3.05) is 12.9 Å². The molecular weight excluding hydrogens is 140 g/mol. The predicted octanol–water partition coefficient (Wildman–Crippen LogP) is 0.723. The summed E-state index contributed by atoms with van der Waals surface area (Å²) in [6.45, 7) is 0. The monoisotopic (exact) mass is 150 g/mol. The molecule has 0 aliphatic carbocycles. The van der Waals surface area contributed by atoms with Gasteiger partial charge >= 0.3 is 5.97 Å². The van der Waals surface area contributed by atoms with Gasteiger partial charge in [0.15, 0.2) is 0 Å². The van der Waals surface area contributed by atoms with Crippen LogP contribution < -0.4 is 0 Å². The molecule has 0 spiro atoms. The summed E-state index contributed by atoms with van der Waals surface area (Å²) in [5.74, 6) is 3.42. The van der Waals surface area contributed by atoms with Gasteiger partial charge in [-0.25, -0.2) is 0 Å². The van der Waals surface area contributed by atoms with Crippen molar-refractivity contribution in [3.05, 3.63) is 0 Å². The molecule has 1 N–H and O–H groups in total. The first-order chi connectivity index (χ1) is 4.16. The van der Waals surface area contributed by atoms with E-state index in [2.05, 4.69) is 10.6 Å². The Morgan fingerprint density at radius 2 is 2.44 bits per heavy atom. The van der Waals surface area contributed by atoms with Crippen LogP contribution in [-0.4, -0.2) is 29.3 Å². The van der Waals surface area contributed by atoms with Crippen molar-refractivity contribution in [3.8, 4) is 0 Å². The van der Waals surface area contributed by atoms with E-state index in [-0.39, 0.29) is 12.4 Å². The molecule has 0 aromatic heterocycles. The van der Waals surface area contributed by atoms with E-state index in [1.807, 2.05) is 0 Å². The van der Waals surface area contributed by atoms with Gasteiger partial charge in [-0.1, -0.05) is 16.6 Å². The lowest BCUT2D eigenvalue weighted by molar-refractivity contribution is -0.140. The zero-order valence-electron chi connectivity index (χ0n) is 5.29. The molecule has 9 heavy (non-hydrogen) atoms. The summed E-state index contributed by atoms with van der Waals surface area (Å²) in [6, 6.07) is 0. The van der Waals surface area contributed by atoms with Crippen LogP contribution in [0.25, 0.3) is 0 Å². The van der Waals surface area contributed by atoms with Gasteiger partial charge in [0, 0.05) is 5.75 Å². The summed E-state index contributed by atoms with van der Waals surface area (Å²) in [5.41, 5.74) is 0. The topological polar surface area (TPSA) is 46.5 Å². The number of carbonyl (C=O) groups is 1. The SMILES string of the molecule is C=S(O)CCC(=O)OC. The van der Waals surface area contributed by atoms with Crippen molar-refractivity contribution in [1.29, 1.82) is 0 Å². The lowest BCUT2D eigenvalue weighted by Gasteiger charge is -1.96. The Morgan fingerprint density at radius 1 is 1.89 bits per heavy atom. The fourth-order valence-electron chi connectivity index (χ4n) is 0.303. The Kier molecular flexibility index (Phi) is 4.35. The van der Waals surface area contributed by atoms with Gasteiger partial charge in [-0.15, -0.1) is 0 Å². The largest absolute Gasteiger partial charge is 0.469 e. The molecule has 1 atom stereocenters. The number of esters is 1. The highest BCUT2D eigenvalue weighted by atomic mass is 32.2. The Labute approximate surface area is 56.8 Å². The van der Waals surface area contributed by atoms with Gasteiger partial charge in [0.05, 0.1) is 13.5 Å². The molecule has 0 fully saturated rings. The van der Waals surface area contributed by atoms with Gasteiger partial charge in [-0.05, 0) is 0 Å². The van der Waals surface area contributed by atoms with Crippen molar-refractivity contribution in [2.24, 2.45) is 0 Å². The molecule has 3 nitrogen and oxygen atoms in total. The number of hydrogen-bond acceptors (Lipinski definition) is 3. The van der Waals surface area contributed by atoms with E-state index >= 15 is 0 Å². The van der Waals surface area contributed by atoms with E-state index in [4.69, 9.17) is 4.55 Å². The Balaban J connectivity index is 3.28. The maximum atomic E-state index is 10.4. The molecule has 0 saturated carbocycles. The summed E-state index contributed by atoms with van der Waals surface area (Å²) in [5, 5.41) is 0. The second-order valence-corrected chi connectivity index (χ2v) is 2.83. The highest BCUT2D eigenvalue weighted by Crippen LogP contribution is 2.02. The fraction of sp³-hybridized carbons (Fsp3) is 0.600. The summed E-state index contributed by atoms with van der Waals surface area (Å²) in [4.78, 5) is 10.4. The summed E-state index contributed by atoms with van der Waals surface area (Å²) in [7, 11) is 0.432. The molecule has 4 heteroatoms. The van der Waals surface area contributed by atoms with E-state index in [1.54, 1.807) is 0 Å². The average molecular weight is 150 g/mol. The van der Waals surface area contributed by atoms with Crippen molar-refractivity contribution >= 4 is 22.6 Å². The standard InChI is InChI=1S/C5H10O3S/c1-8-5(6)3-4-9(2)7/h7H,2-4H2,1H3. The number of rotatable bonds is 3. The molecule has 0 rings (SSSR count). The zero-order valence-corrected chi connectivity index (χ0v) is 6.11. The Bertz CT molecular complexity index is 121. The number of methoxy groups -OCH3 is 1. The minimum atomic E-state index is -0.889. The van der Waals surface area contributed by atoms with Gasteiger partial charge in [-0.3, -0.25) is 4.79 Å². The molecule has 0 amide bonds.